The van der Waals surface area contributed by atoms with E-state index in [0.717, 1.165) is 13.0 Å². The highest BCUT2D eigenvalue weighted by molar-refractivity contribution is 5.77. The summed E-state index contributed by atoms with van der Waals surface area (Å²) in [7, 11) is 0. The Kier molecular flexibility index (Phi) is 5.86. The number of carbonyl (C=O) groups excluding carboxylic acids is 1. The lowest BCUT2D eigenvalue weighted by atomic mass is 10.0. The largest absolute Gasteiger partial charge is 0.355 e. The second kappa shape index (κ2) is 7.17. The van der Waals surface area contributed by atoms with Crippen LogP contribution in [0.25, 0.3) is 0 Å². The normalized spacial score (nSPS) is 12.2. The lowest BCUT2D eigenvalue weighted by molar-refractivity contribution is -0.120. The number of hydrogen-bond donors (Lipinski definition) is 2. The van der Waals surface area contributed by atoms with Crippen LogP contribution in [0.1, 0.15) is 43.0 Å². The molecule has 1 aromatic carbocycles. The van der Waals surface area contributed by atoms with Gasteiger partial charge in [0.15, 0.2) is 0 Å². The Morgan fingerprint density at radius 2 is 1.83 bits per heavy atom. The third-order valence-electron chi connectivity index (χ3n) is 2.88. The van der Waals surface area contributed by atoms with E-state index >= 15 is 0 Å². The van der Waals surface area contributed by atoms with Gasteiger partial charge in [-0.25, -0.2) is 0 Å². The van der Waals surface area contributed by atoms with Crippen molar-refractivity contribution in [1.29, 1.82) is 0 Å². The van der Waals surface area contributed by atoms with Gasteiger partial charge < -0.3 is 10.6 Å². The molecule has 0 saturated heterocycles. The minimum absolute atomic E-state index is 0.0630. The van der Waals surface area contributed by atoms with Crippen LogP contribution in [-0.4, -0.2) is 19.0 Å². The van der Waals surface area contributed by atoms with Crippen molar-refractivity contribution in [1.82, 2.24) is 10.6 Å². The van der Waals surface area contributed by atoms with E-state index in [9.17, 15) is 4.79 Å². The standard InChI is InChI=1S/C15H24N2O/c1-5-6-16-15(18)10-17-13(4)14-8-11(2)7-12(3)9-14/h7-9,13,17H,5-6,10H2,1-4H3,(H,16,18). The molecule has 1 aromatic rings. The van der Waals surface area contributed by atoms with E-state index in [1.165, 1.54) is 16.7 Å². The summed E-state index contributed by atoms with van der Waals surface area (Å²) in [6.07, 6.45) is 0.971. The van der Waals surface area contributed by atoms with Crippen molar-refractivity contribution in [3.05, 3.63) is 34.9 Å². The van der Waals surface area contributed by atoms with Gasteiger partial charge in [0.2, 0.25) is 5.91 Å². The van der Waals surface area contributed by atoms with Crippen LogP contribution >= 0.6 is 0 Å². The number of nitrogens with one attached hydrogen (secondary N) is 2. The third kappa shape index (κ3) is 4.88. The fraction of sp³-hybridized carbons (Fsp3) is 0.533. The van der Waals surface area contributed by atoms with Crippen LogP contribution < -0.4 is 10.6 Å². The van der Waals surface area contributed by atoms with Crippen LogP contribution in [0, 0.1) is 13.8 Å². The molecule has 1 unspecified atom stereocenters. The summed E-state index contributed by atoms with van der Waals surface area (Å²) >= 11 is 0. The van der Waals surface area contributed by atoms with Gasteiger partial charge >= 0.3 is 0 Å². The molecule has 0 bridgehead atoms. The van der Waals surface area contributed by atoms with Crippen LogP contribution in [0.2, 0.25) is 0 Å². The van der Waals surface area contributed by atoms with Crippen LogP contribution in [0.4, 0.5) is 0 Å². The lowest BCUT2D eigenvalue weighted by Crippen LogP contribution is -2.35. The van der Waals surface area contributed by atoms with E-state index in [0.29, 0.717) is 6.54 Å². The second-order valence-electron chi connectivity index (χ2n) is 4.87. The van der Waals surface area contributed by atoms with Crippen LogP contribution in [0.15, 0.2) is 18.2 Å². The molecule has 0 aliphatic rings. The summed E-state index contributed by atoms with van der Waals surface area (Å²) in [4.78, 5) is 11.5. The van der Waals surface area contributed by atoms with Crippen molar-refractivity contribution < 1.29 is 4.79 Å². The highest BCUT2D eigenvalue weighted by atomic mass is 16.1. The van der Waals surface area contributed by atoms with Crippen LogP contribution in [-0.2, 0) is 4.79 Å². The van der Waals surface area contributed by atoms with Gasteiger partial charge in [0.1, 0.15) is 0 Å². The summed E-state index contributed by atoms with van der Waals surface area (Å²) in [6.45, 7) is 9.44. The maximum atomic E-state index is 11.5. The van der Waals surface area contributed by atoms with E-state index in [4.69, 9.17) is 0 Å². The summed E-state index contributed by atoms with van der Waals surface area (Å²) < 4.78 is 0. The van der Waals surface area contributed by atoms with Crippen molar-refractivity contribution in [3.8, 4) is 0 Å². The van der Waals surface area contributed by atoms with Gasteiger partial charge in [-0.05, 0) is 32.8 Å². The number of hydrogen-bond acceptors (Lipinski definition) is 2. The Morgan fingerprint density at radius 3 is 2.39 bits per heavy atom. The predicted molar refractivity (Wildman–Crippen MR) is 75.6 cm³/mol. The van der Waals surface area contributed by atoms with Crippen molar-refractivity contribution in [2.45, 2.75) is 40.2 Å². The van der Waals surface area contributed by atoms with Gasteiger partial charge in [-0.15, -0.1) is 0 Å². The molecule has 0 heterocycles. The van der Waals surface area contributed by atoms with Crippen LogP contribution in [0.5, 0.6) is 0 Å². The number of carbonyl (C=O) groups is 1. The smallest absolute Gasteiger partial charge is 0.233 e. The molecule has 0 aliphatic heterocycles. The maximum absolute atomic E-state index is 11.5. The molecule has 2 N–H and O–H groups in total. The lowest BCUT2D eigenvalue weighted by Gasteiger charge is -2.15. The van der Waals surface area contributed by atoms with Crippen LogP contribution in [0.3, 0.4) is 0 Å². The zero-order valence-corrected chi connectivity index (χ0v) is 11.8. The molecule has 0 fully saturated rings. The molecule has 0 spiro atoms. The van der Waals surface area contributed by atoms with Gasteiger partial charge in [-0.1, -0.05) is 36.2 Å². The molecule has 0 radical (unpaired) electrons. The molecular formula is C15H24N2O. The maximum Gasteiger partial charge on any atom is 0.233 e. The van der Waals surface area contributed by atoms with E-state index < -0.39 is 0 Å². The van der Waals surface area contributed by atoms with Gasteiger partial charge in [0.05, 0.1) is 6.54 Å². The number of amides is 1. The highest BCUT2D eigenvalue weighted by Gasteiger charge is 2.08. The molecule has 100 valence electrons. The molecule has 1 amide bonds. The van der Waals surface area contributed by atoms with Crippen molar-refractivity contribution in [3.63, 3.8) is 0 Å². The average molecular weight is 248 g/mol. The molecule has 18 heavy (non-hydrogen) atoms. The minimum atomic E-state index is 0.0630. The van der Waals surface area contributed by atoms with Crippen molar-refractivity contribution >= 4 is 5.91 Å². The fourth-order valence-corrected chi connectivity index (χ4v) is 1.95. The Hall–Kier alpha value is -1.35. The van der Waals surface area contributed by atoms with Crippen molar-refractivity contribution in [2.75, 3.05) is 13.1 Å². The first-order chi connectivity index (χ1) is 8.52. The van der Waals surface area contributed by atoms with Gasteiger partial charge in [0, 0.05) is 12.6 Å². The predicted octanol–water partition coefficient (Wildman–Crippen LogP) is 2.48. The topological polar surface area (TPSA) is 41.1 Å². The minimum Gasteiger partial charge on any atom is -0.355 e. The zero-order valence-electron chi connectivity index (χ0n) is 11.8. The first-order valence-corrected chi connectivity index (χ1v) is 6.61. The first-order valence-electron chi connectivity index (χ1n) is 6.61. The zero-order chi connectivity index (χ0) is 13.5. The third-order valence-corrected chi connectivity index (χ3v) is 2.88. The molecule has 0 saturated carbocycles. The molecule has 0 aliphatic carbocycles. The Morgan fingerprint density at radius 1 is 1.22 bits per heavy atom. The van der Waals surface area contributed by atoms with Crippen molar-refractivity contribution in [2.24, 2.45) is 0 Å². The summed E-state index contributed by atoms with van der Waals surface area (Å²) in [5.74, 6) is 0.0630. The Labute approximate surface area is 110 Å². The summed E-state index contributed by atoms with van der Waals surface area (Å²) in [6, 6.07) is 6.67. The average Bonchev–Trinajstić information content (AvgIpc) is 2.32. The SMILES string of the molecule is CCCNC(=O)CNC(C)c1cc(C)cc(C)c1. The summed E-state index contributed by atoms with van der Waals surface area (Å²) in [5.41, 5.74) is 3.75. The van der Waals surface area contributed by atoms with E-state index in [1.54, 1.807) is 0 Å². The molecule has 3 heteroatoms. The number of rotatable bonds is 6. The second-order valence-corrected chi connectivity index (χ2v) is 4.87. The van der Waals surface area contributed by atoms with E-state index in [-0.39, 0.29) is 11.9 Å². The Bertz CT molecular complexity index is 381. The van der Waals surface area contributed by atoms with E-state index in [1.807, 2.05) is 6.92 Å². The van der Waals surface area contributed by atoms with Gasteiger partial charge in [0.25, 0.3) is 0 Å². The van der Waals surface area contributed by atoms with Gasteiger partial charge in [-0.2, -0.15) is 0 Å². The Balaban J connectivity index is 2.49. The molecule has 1 rings (SSSR count). The summed E-state index contributed by atoms with van der Waals surface area (Å²) in [5, 5.41) is 6.11. The number of benzene rings is 1. The molecule has 3 nitrogen and oxygen atoms in total. The number of aryl methyl sites for hydroxylation is 2. The van der Waals surface area contributed by atoms with Gasteiger partial charge in [-0.3, -0.25) is 4.79 Å². The monoisotopic (exact) mass is 248 g/mol. The molecular weight excluding hydrogens is 224 g/mol. The van der Waals surface area contributed by atoms with E-state index in [2.05, 4.69) is 49.6 Å². The molecule has 1 atom stereocenters. The highest BCUT2D eigenvalue weighted by Crippen LogP contribution is 2.16. The first kappa shape index (κ1) is 14.7. The molecule has 0 aromatic heterocycles. The fourth-order valence-electron chi connectivity index (χ4n) is 1.95. The quantitative estimate of drug-likeness (QED) is 0.812.